The van der Waals surface area contributed by atoms with E-state index in [2.05, 4.69) is 34.9 Å². The maximum Gasteiger partial charge on any atom is 0.203 e. The third-order valence-corrected chi connectivity index (χ3v) is 3.19. The Balaban J connectivity index is 1.84. The summed E-state index contributed by atoms with van der Waals surface area (Å²) >= 11 is 0. The maximum absolute atomic E-state index is 4.54. The predicted octanol–water partition coefficient (Wildman–Crippen LogP) is 2.35. The van der Waals surface area contributed by atoms with Gasteiger partial charge in [0, 0.05) is 18.3 Å². The lowest BCUT2D eigenvalue weighted by atomic mass is 10.4. The Labute approximate surface area is 84.5 Å². The summed E-state index contributed by atoms with van der Waals surface area (Å²) in [5, 5.41) is 3.50. The van der Waals surface area contributed by atoms with Gasteiger partial charge in [0.15, 0.2) is 0 Å². The molecule has 0 amide bonds. The van der Waals surface area contributed by atoms with Crippen molar-refractivity contribution in [1.29, 1.82) is 0 Å². The number of nitrogens with zero attached hydrogens (tertiary/aromatic N) is 2. The summed E-state index contributed by atoms with van der Waals surface area (Å²) in [5.74, 6) is 1.93. The third-order valence-electron chi connectivity index (χ3n) is 3.19. The van der Waals surface area contributed by atoms with Gasteiger partial charge < -0.3 is 9.88 Å². The van der Waals surface area contributed by atoms with Crippen LogP contribution in [-0.4, -0.2) is 15.6 Å². The van der Waals surface area contributed by atoms with Crippen molar-refractivity contribution in [1.82, 2.24) is 9.55 Å². The lowest BCUT2D eigenvalue weighted by molar-refractivity contribution is 0.688. The van der Waals surface area contributed by atoms with Gasteiger partial charge in [-0.15, -0.1) is 0 Å². The van der Waals surface area contributed by atoms with E-state index in [0.29, 0.717) is 12.1 Å². The Hall–Kier alpha value is -0.990. The lowest BCUT2D eigenvalue weighted by Crippen LogP contribution is -2.08. The van der Waals surface area contributed by atoms with Gasteiger partial charge in [0.1, 0.15) is 0 Å². The van der Waals surface area contributed by atoms with Gasteiger partial charge in [-0.2, -0.15) is 0 Å². The van der Waals surface area contributed by atoms with Gasteiger partial charge in [-0.25, -0.2) is 4.98 Å². The van der Waals surface area contributed by atoms with Gasteiger partial charge in [0.25, 0.3) is 0 Å². The van der Waals surface area contributed by atoms with E-state index in [1.54, 1.807) is 0 Å². The van der Waals surface area contributed by atoms with Crippen molar-refractivity contribution in [3.8, 4) is 0 Å². The molecular weight excluding hydrogens is 174 g/mol. The minimum absolute atomic E-state index is 0.699. The van der Waals surface area contributed by atoms with Crippen molar-refractivity contribution in [3.05, 3.63) is 11.9 Å². The normalized spacial score (nSPS) is 30.4. The Morgan fingerprint density at radius 1 is 1.50 bits per heavy atom. The van der Waals surface area contributed by atoms with E-state index < -0.39 is 0 Å². The largest absolute Gasteiger partial charge is 0.353 e. The van der Waals surface area contributed by atoms with E-state index in [0.717, 1.165) is 17.6 Å². The van der Waals surface area contributed by atoms with E-state index in [9.17, 15) is 0 Å². The monoisotopic (exact) mass is 191 g/mol. The van der Waals surface area contributed by atoms with Crippen LogP contribution < -0.4 is 5.32 Å². The maximum atomic E-state index is 4.54. The number of hydrogen-bond acceptors (Lipinski definition) is 2. The summed E-state index contributed by atoms with van der Waals surface area (Å²) in [6.45, 7) is 4.38. The molecule has 3 heteroatoms. The average Bonchev–Trinajstić information content (AvgIpc) is 2.99. The molecule has 1 aromatic heterocycles. The van der Waals surface area contributed by atoms with Crippen LogP contribution in [0.1, 0.15) is 37.9 Å². The molecule has 0 radical (unpaired) electrons. The molecule has 76 valence electrons. The molecule has 1 heterocycles. The highest BCUT2D eigenvalue weighted by molar-refractivity contribution is 5.33. The fourth-order valence-corrected chi connectivity index (χ4v) is 1.98. The number of imidazole rings is 1. The molecule has 0 aromatic carbocycles. The summed E-state index contributed by atoms with van der Waals surface area (Å²) in [7, 11) is 0. The summed E-state index contributed by atoms with van der Waals surface area (Å²) in [6, 6.07) is 1.40. The van der Waals surface area contributed by atoms with Crippen LogP contribution in [-0.2, 0) is 0 Å². The number of aromatic nitrogens is 2. The summed E-state index contributed by atoms with van der Waals surface area (Å²) in [6.07, 6.45) is 6.12. The molecule has 2 aliphatic rings. The van der Waals surface area contributed by atoms with E-state index in [-0.39, 0.29) is 0 Å². The van der Waals surface area contributed by atoms with Gasteiger partial charge in [-0.3, -0.25) is 0 Å². The Bertz CT molecular complexity index is 351. The first-order valence-corrected chi connectivity index (χ1v) is 5.56. The van der Waals surface area contributed by atoms with Gasteiger partial charge in [-0.05, 0) is 32.1 Å². The van der Waals surface area contributed by atoms with Crippen LogP contribution in [0.4, 0.5) is 5.95 Å². The molecular formula is C11H17N3. The van der Waals surface area contributed by atoms with Crippen LogP contribution in [0.3, 0.4) is 0 Å². The van der Waals surface area contributed by atoms with Crippen LogP contribution in [0.15, 0.2) is 6.20 Å². The smallest absolute Gasteiger partial charge is 0.203 e. The van der Waals surface area contributed by atoms with Crippen molar-refractivity contribution in [2.45, 2.75) is 45.2 Å². The van der Waals surface area contributed by atoms with Crippen LogP contribution >= 0.6 is 0 Å². The number of rotatable bonds is 3. The van der Waals surface area contributed by atoms with Crippen molar-refractivity contribution >= 4 is 5.95 Å². The Morgan fingerprint density at radius 3 is 2.79 bits per heavy atom. The molecule has 2 unspecified atom stereocenters. The van der Waals surface area contributed by atoms with Gasteiger partial charge in [-0.1, -0.05) is 6.92 Å². The number of hydrogen-bond donors (Lipinski definition) is 1. The molecule has 2 atom stereocenters. The molecule has 0 spiro atoms. The first-order valence-electron chi connectivity index (χ1n) is 5.56. The minimum Gasteiger partial charge on any atom is -0.353 e. The molecule has 0 saturated heterocycles. The quantitative estimate of drug-likeness (QED) is 0.794. The number of nitrogens with one attached hydrogen (secondary N) is 1. The second kappa shape index (κ2) is 2.75. The fraction of sp³-hybridized carbons (Fsp3) is 0.727. The molecule has 0 bridgehead atoms. The van der Waals surface area contributed by atoms with Crippen LogP contribution in [0.2, 0.25) is 0 Å². The number of anilines is 1. The van der Waals surface area contributed by atoms with E-state index >= 15 is 0 Å². The first kappa shape index (κ1) is 8.33. The van der Waals surface area contributed by atoms with Crippen LogP contribution in [0.25, 0.3) is 0 Å². The van der Waals surface area contributed by atoms with Crippen molar-refractivity contribution in [2.24, 2.45) is 5.92 Å². The highest BCUT2D eigenvalue weighted by Crippen LogP contribution is 2.44. The average molecular weight is 191 g/mol. The van der Waals surface area contributed by atoms with Gasteiger partial charge >= 0.3 is 0 Å². The third kappa shape index (κ3) is 1.41. The summed E-state index contributed by atoms with van der Waals surface area (Å²) in [4.78, 5) is 4.54. The zero-order chi connectivity index (χ0) is 9.71. The Morgan fingerprint density at radius 2 is 2.21 bits per heavy atom. The molecule has 0 aliphatic heterocycles. The molecule has 3 nitrogen and oxygen atoms in total. The van der Waals surface area contributed by atoms with Crippen LogP contribution in [0.5, 0.6) is 0 Å². The highest BCUT2D eigenvalue weighted by atomic mass is 15.2. The first-order chi connectivity index (χ1) is 6.74. The number of aryl methyl sites for hydroxylation is 1. The topological polar surface area (TPSA) is 29.9 Å². The second-order valence-electron chi connectivity index (χ2n) is 4.81. The zero-order valence-electron chi connectivity index (χ0n) is 8.83. The molecule has 14 heavy (non-hydrogen) atoms. The molecule has 2 aliphatic carbocycles. The summed E-state index contributed by atoms with van der Waals surface area (Å²) in [5.41, 5.74) is 1.13. The SMILES string of the molecule is Cc1cn(C2CC2C)c(NC2CC2)n1. The highest BCUT2D eigenvalue weighted by Gasteiger charge is 2.36. The lowest BCUT2D eigenvalue weighted by Gasteiger charge is -2.07. The standard InChI is InChI=1S/C11H17N3/c1-7-5-10(7)14-6-8(2)12-11(14)13-9-3-4-9/h6-7,9-10H,3-5H2,1-2H3,(H,12,13). The Kier molecular flexibility index (Phi) is 1.64. The molecule has 3 rings (SSSR count). The van der Waals surface area contributed by atoms with Gasteiger partial charge in [0.2, 0.25) is 5.95 Å². The van der Waals surface area contributed by atoms with Crippen LogP contribution in [0, 0.1) is 12.8 Å². The second-order valence-corrected chi connectivity index (χ2v) is 4.81. The van der Waals surface area contributed by atoms with E-state index in [1.807, 2.05) is 0 Å². The van der Waals surface area contributed by atoms with E-state index in [4.69, 9.17) is 0 Å². The molecule has 1 N–H and O–H groups in total. The zero-order valence-corrected chi connectivity index (χ0v) is 8.83. The minimum atomic E-state index is 0.699. The molecule has 1 aromatic rings. The van der Waals surface area contributed by atoms with Gasteiger partial charge in [0.05, 0.1) is 5.69 Å². The predicted molar refractivity (Wildman–Crippen MR) is 56.4 cm³/mol. The van der Waals surface area contributed by atoms with Crippen molar-refractivity contribution in [2.75, 3.05) is 5.32 Å². The molecule has 2 fully saturated rings. The van der Waals surface area contributed by atoms with E-state index in [1.165, 1.54) is 19.3 Å². The summed E-state index contributed by atoms with van der Waals surface area (Å²) < 4.78 is 2.33. The van der Waals surface area contributed by atoms with Crippen molar-refractivity contribution < 1.29 is 0 Å². The van der Waals surface area contributed by atoms with Crippen molar-refractivity contribution in [3.63, 3.8) is 0 Å². The molecule has 2 saturated carbocycles. The fourth-order valence-electron chi connectivity index (χ4n) is 1.98.